The molecule has 1 fully saturated rings. The van der Waals surface area contributed by atoms with Crippen LogP contribution in [-0.4, -0.2) is 64.5 Å². The van der Waals surface area contributed by atoms with Crippen LogP contribution in [0.4, 0.5) is 0 Å². The van der Waals surface area contributed by atoms with Gasteiger partial charge < -0.3 is 19.7 Å². The summed E-state index contributed by atoms with van der Waals surface area (Å²) in [6.07, 6.45) is 6.32. The molecule has 0 aromatic rings. The average molecular weight is 299 g/mol. The van der Waals surface area contributed by atoms with Gasteiger partial charge in [-0.3, -0.25) is 4.99 Å². The van der Waals surface area contributed by atoms with Crippen molar-refractivity contribution in [1.29, 1.82) is 0 Å². The minimum absolute atomic E-state index is 0.612. The lowest BCUT2D eigenvalue weighted by Gasteiger charge is -2.21. The molecule has 1 atom stereocenters. The molecule has 0 radical (unpaired) electrons. The van der Waals surface area contributed by atoms with Gasteiger partial charge in [0.15, 0.2) is 5.96 Å². The van der Waals surface area contributed by atoms with E-state index in [4.69, 9.17) is 9.47 Å². The molecule has 1 aliphatic heterocycles. The van der Waals surface area contributed by atoms with Gasteiger partial charge in [-0.05, 0) is 12.8 Å². The molecular weight excluding hydrogens is 266 g/mol. The standard InChI is InChI=1S/C16H33N3O2/c1-4-5-6-7-9-18-16(17-2)19-10-8-15(13-19)14-21-12-11-20-3/h15H,4-14H2,1-3H3,(H,17,18). The van der Waals surface area contributed by atoms with E-state index in [2.05, 4.69) is 22.1 Å². The maximum Gasteiger partial charge on any atom is 0.193 e. The third-order valence-corrected chi connectivity index (χ3v) is 3.90. The van der Waals surface area contributed by atoms with Crippen LogP contribution in [-0.2, 0) is 9.47 Å². The number of nitrogens with zero attached hydrogens (tertiary/aromatic N) is 2. The Balaban J connectivity index is 2.17. The summed E-state index contributed by atoms with van der Waals surface area (Å²) >= 11 is 0. The molecule has 0 spiro atoms. The van der Waals surface area contributed by atoms with Gasteiger partial charge in [0, 0.05) is 39.7 Å². The Morgan fingerprint density at radius 2 is 2.14 bits per heavy atom. The number of aliphatic imine (C=N–C) groups is 1. The molecular formula is C16H33N3O2. The molecule has 1 rings (SSSR count). The number of unbranched alkanes of at least 4 members (excludes halogenated alkanes) is 3. The van der Waals surface area contributed by atoms with E-state index < -0.39 is 0 Å². The van der Waals surface area contributed by atoms with Crippen LogP contribution in [0.1, 0.15) is 39.0 Å². The number of methoxy groups -OCH3 is 1. The first-order chi connectivity index (χ1) is 10.3. The lowest BCUT2D eigenvalue weighted by Crippen LogP contribution is -2.40. The number of nitrogens with one attached hydrogen (secondary N) is 1. The number of hydrogen-bond donors (Lipinski definition) is 1. The van der Waals surface area contributed by atoms with Crippen LogP contribution in [0, 0.1) is 5.92 Å². The van der Waals surface area contributed by atoms with Crippen LogP contribution in [0.25, 0.3) is 0 Å². The summed E-state index contributed by atoms with van der Waals surface area (Å²) in [5.41, 5.74) is 0. The largest absolute Gasteiger partial charge is 0.382 e. The zero-order chi connectivity index (χ0) is 15.3. The Labute approximate surface area is 130 Å². The van der Waals surface area contributed by atoms with E-state index in [9.17, 15) is 0 Å². The van der Waals surface area contributed by atoms with Gasteiger partial charge in [-0.2, -0.15) is 0 Å². The molecule has 5 nitrogen and oxygen atoms in total. The van der Waals surface area contributed by atoms with Gasteiger partial charge in [-0.1, -0.05) is 26.2 Å². The van der Waals surface area contributed by atoms with Gasteiger partial charge in [0.2, 0.25) is 0 Å². The van der Waals surface area contributed by atoms with Gasteiger partial charge >= 0.3 is 0 Å². The summed E-state index contributed by atoms with van der Waals surface area (Å²) in [7, 11) is 3.58. The highest BCUT2D eigenvalue weighted by Crippen LogP contribution is 2.16. The molecule has 1 saturated heterocycles. The average Bonchev–Trinajstić information content (AvgIpc) is 2.96. The molecule has 0 aliphatic carbocycles. The van der Waals surface area contributed by atoms with E-state index >= 15 is 0 Å². The summed E-state index contributed by atoms with van der Waals surface area (Å²) in [4.78, 5) is 6.75. The van der Waals surface area contributed by atoms with Crippen LogP contribution in [0.15, 0.2) is 4.99 Å². The third-order valence-electron chi connectivity index (χ3n) is 3.90. The fraction of sp³-hybridized carbons (Fsp3) is 0.938. The van der Waals surface area contributed by atoms with E-state index in [0.717, 1.165) is 32.2 Å². The molecule has 1 aliphatic rings. The second kappa shape index (κ2) is 11.8. The van der Waals surface area contributed by atoms with Crippen LogP contribution in [0.3, 0.4) is 0 Å². The summed E-state index contributed by atoms with van der Waals surface area (Å²) in [5, 5.41) is 3.48. The quantitative estimate of drug-likeness (QED) is 0.381. The molecule has 5 heteroatoms. The van der Waals surface area contributed by atoms with Crippen LogP contribution in [0.2, 0.25) is 0 Å². The van der Waals surface area contributed by atoms with E-state index in [-0.39, 0.29) is 0 Å². The molecule has 1 heterocycles. The van der Waals surface area contributed by atoms with Crippen LogP contribution < -0.4 is 5.32 Å². The monoisotopic (exact) mass is 299 g/mol. The molecule has 0 aromatic heterocycles. The number of hydrogen-bond acceptors (Lipinski definition) is 3. The molecule has 0 bridgehead atoms. The van der Waals surface area contributed by atoms with E-state index in [0.29, 0.717) is 19.1 Å². The third kappa shape index (κ3) is 7.67. The Bertz CT molecular complexity index is 285. The number of guanidine groups is 1. The minimum Gasteiger partial charge on any atom is -0.382 e. The van der Waals surface area contributed by atoms with E-state index in [1.54, 1.807) is 7.11 Å². The maximum absolute atomic E-state index is 5.63. The van der Waals surface area contributed by atoms with Crippen LogP contribution >= 0.6 is 0 Å². The van der Waals surface area contributed by atoms with Crippen molar-refractivity contribution in [2.24, 2.45) is 10.9 Å². The van der Waals surface area contributed by atoms with Crippen molar-refractivity contribution >= 4 is 5.96 Å². The van der Waals surface area contributed by atoms with Crippen LogP contribution in [0.5, 0.6) is 0 Å². The van der Waals surface area contributed by atoms with Crippen molar-refractivity contribution in [3.63, 3.8) is 0 Å². The maximum atomic E-state index is 5.63. The van der Waals surface area contributed by atoms with Crippen molar-refractivity contribution in [2.45, 2.75) is 39.0 Å². The van der Waals surface area contributed by atoms with Crippen molar-refractivity contribution in [2.75, 3.05) is 53.6 Å². The molecule has 21 heavy (non-hydrogen) atoms. The molecule has 0 aromatic carbocycles. The summed E-state index contributed by atoms with van der Waals surface area (Å²) < 4.78 is 10.6. The van der Waals surface area contributed by atoms with Gasteiger partial charge in [-0.25, -0.2) is 0 Å². The highest BCUT2D eigenvalue weighted by atomic mass is 16.5. The zero-order valence-electron chi connectivity index (χ0n) is 14.1. The number of rotatable bonds is 10. The predicted octanol–water partition coefficient (Wildman–Crippen LogP) is 2.13. The Morgan fingerprint density at radius 1 is 1.29 bits per heavy atom. The summed E-state index contributed by atoms with van der Waals surface area (Å²) in [5.74, 6) is 1.66. The molecule has 1 unspecified atom stereocenters. The minimum atomic E-state index is 0.612. The highest BCUT2D eigenvalue weighted by molar-refractivity contribution is 5.80. The topological polar surface area (TPSA) is 46.1 Å². The number of ether oxygens (including phenoxy) is 2. The van der Waals surface area contributed by atoms with Gasteiger partial charge in [0.05, 0.1) is 19.8 Å². The highest BCUT2D eigenvalue weighted by Gasteiger charge is 2.24. The van der Waals surface area contributed by atoms with Gasteiger partial charge in [0.1, 0.15) is 0 Å². The van der Waals surface area contributed by atoms with Crippen molar-refractivity contribution in [1.82, 2.24) is 10.2 Å². The Kier molecular flexibility index (Phi) is 10.3. The molecule has 124 valence electrons. The fourth-order valence-electron chi connectivity index (χ4n) is 2.64. The normalized spacial score (nSPS) is 19.3. The van der Waals surface area contributed by atoms with E-state index in [1.807, 2.05) is 7.05 Å². The summed E-state index contributed by atoms with van der Waals surface area (Å²) in [6.45, 7) is 7.58. The molecule has 0 saturated carbocycles. The first-order valence-corrected chi connectivity index (χ1v) is 8.34. The first-order valence-electron chi connectivity index (χ1n) is 8.34. The van der Waals surface area contributed by atoms with Gasteiger partial charge in [0.25, 0.3) is 0 Å². The smallest absolute Gasteiger partial charge is 0.193 e. The SMILES string of the molecule is CCCCCCNC(=NC)N1CCC(COCCOC)C1. The second-order valence-electron chi connectivity index (χ2n) is 5.70. The number of likely N-dealkylation sites (tertiary alicyclic amines) is 1. The molecule has 0 amide bonds. The van der Waals surface area contributed by atoms with E-state index in [1.165, 1.54) is 32.1 Å². The van der Waals surface area contributed by atoms with Crippen molar-refractivity contribution < 1.29 is 9.47 Å². The Morgan fingerprint density at radius 3 is 2.86 bits per heavy atom. The predicted molar refractivity (Wildman–Crippen MR) is 87.9 cm³/mol. The lowest BCUT2D eigenvalue weighted by atomic mass is 10.1. The fourth-order valence-corrected chi connectivity index (χ4v) is 2.64. The van der Waals surface area contributed by atoms with Crippen molar-refractivity contribution in [3.05, 3.63) is 0 Å². The van der Waals surface area contributed by atoms with Crippen molar-refractivity contribution in [3.8, 4) is 0 Å². The summed E-state index contributed by atoms with van der Waals surface area (Å²) in [6, 6.07) is 0. The molecule has 1 N–H and O–H groups in total. The zero-order valence-corrected chi connectivity index (χ0v) is 14.1. The van der Waals surface area contributed by atoms with Gasteiger partial charge in [-0.15, -0.1) is 0 Å². The first kappa shape index (κ1) is 18.2. The lowest BCUT2D eigenvalue weighted by molar-refractivity contribution is 0.0536. The second-order valence-corrected chi connectivity index (χ2v) is 5.70. The Hall–Kier alpha value is -0.810.